The lowest BCUT2D eigenvalue weighted by atomic mass is 9.97. The maximum atomic E-state index is 12.9. The standard InChI is InChI=1S/C19H18FNO4/c1-12(19(23)24)21-9-8-14-10-16(6-7-17(14)18(21)22)25-11-13-2-4-15(20)5-3-13/h2-7,10,12H,8-9,11H2,1H3,(H,23,24). The first-order chi connectivity index (χ1) is 12.0. The second kappa shape index (κ2) is 6.93. The molecule has 0 aliphatic carbocycles. The third-order valence-corrected chi connectivity index (χ3v) is 4.33. The predicted octanol–water partition coefficient (Wildman–Crippen LogP) is 2.88. The first-order valence-electron chi connectivity index (χ1n) is 7.99. The summed E-state index contributed by atoms with van der Waals surface area (Å²) in [7, 11) is 0. The number of rotatable bonds is 5. The topological polar surface area (TPSA) is 66.8 Å². The molecule has 2 aromatic rings. The predicted molar refractivity (Wildman–Crippen MR) is 89.0 cm³/mol. The van der Waals surface area contributed by atoms with E-state index in [1.807, 2.05) is 0 Å². The summed E-state index contributed by atoms with van der Waals surface area (Å²) in [6.07, 6.45) is 0.576. The molecule has 0 radical (unpaired) electrons. The van der Waals surface area contributed by atoms with Crippen molar-refractivity contribution in [2.24, 2.45) is 0 Å². The number of carbonyl (C=O) groups is 2. The number of aliphatic carboxylic acids is 1. The van der Waals surface area contributed by atoms with Crippen molar-refractivity contribution in [3.8, 4) is 5.75 Å². The van der Waals surface area contributed by atoms with Crippen molar-refractivity contribution in [1.29, 1.82) is 0 Å². The Bertz CT molecular complexity index is 804. The Balaban J connectivity index is 1.72. The molecule has 130 valence electrons. The van der Waals surface area contributed by atoms with Crippen molar-refractivity contribution in [2.45, 2.75) is 26.0 Å². The number of carboxylic acids is 1. The van der Waals surface area contributed by atoms with Crippen molar-refractivity contribution in [3.63, 3.8) is 0 Å². The number of benzene rings is 2. The summed E-state index contributed by atoms with van der Waals surface area (Å²) in [6, 6.07) is 10.4. The third kappa shape index (κ3) is 3.63. The van der Waals surface area contributed by atoms with E-state index < -0.39 is 12.0 Å². The molecule has 3 rings (SSSR count). The summed E-state index contributed by atoms with van der Waals surface area (Å²) in [4.78, 5) is 25.0. The fraction of sp³-hybridized carbons (Fsp3) is 0.263. The van der Waals surface area contributed by atoms with Gasteiger partial charge in [0, 0.05) is 12.1 Å². The molecule has 25 heavy (non-hydrogen) atoms. The van der Waals surface area contributed by atoms with Gasteiger partial charge >= 0.3 is 5.97 Å². The van der Waals surface area contributed by atoms with Gasteiger partial charge in [0.2, 0.25) is 0 Å². The number of carbonyl (C=O) groups excluding carboxylic acids is 1. The Hall–Kier alpha value is -2.89. The first-order valence-corrected chi connectivity index (χ1v) is 7.99. The molecule has 1 amide bonds. The van der Waals surface area contributed by atoms with Crippen LogP contribution < -0.4 is 4.74 Å². The lowest BCUT2D eigenvalue weighted by molar-refractivity contribution is -0.141. The van der Waals surface area contributed by atoms with Crippen LogP contribution >= 0.6 is 0 Å². The Morgan fingerprint density at radius 1 is 1.28 bits per heavy atom. The monoisotopic (exact) mass is 343 g/mol. The van der Waals surface area contributed by atoms with E-state index in [1.165, 1.54) is 24.0 Å². The van der Waals surface area contributed by atoms with Crippen LogP contribution in [0.4, 0.5) is 4.39 Å². The number of nitrogens with zero attached hydrogens (tertiary/aromatic N) is 1. The van der Waals surface area contributed by atoms with Gasteiger partial charge in [-0.05, 0) is 54.8 Å². The molecule has 1 unspecified atom stereocenters. The highest BCUT2D eigenvalue weighted by molar-refractivity contribution is 5.99. The van der Waals surface area contributed by atoms with E-state index >= 15 is 0 Å². The van der Waals surface area contributed by atoms with Crippen LogP contribution in [0.25, 0.3) is 0 Å². The van der Waals surface area contributed by atoms with E-state index in [4.69, 9.17) is 9.84 Å². The summed E-state index contributed by atoms with van der Waals surface area (Å²) in [5.41, 5.74) is 2.19. The highest BCUT2D eigenvalue weighted by Gasteiger charge is 2.31. The fourth-order valence-corrected chi connectivity index (χ4v) is 2.82. The van der Waals surface area contributed by atoms with Crippen molar-refractivity contribution in [2.75, 3.05) is 6.54 Å². The normalized spacial score (nSPS) is 14.8. The van der Waals surface area contributed by atoms with Crippen LogP contribution in [0.3, 0.4) is 0 Å². The van der Waals surface area contributed by atoms with Crippen molar-refractivity contribution in [3.05, 3.63) is 65.0 Å². The lowest BCUT2D eigenvalue weighted by Gasteiger charge is -2.31. The number of halogens is 1. The van der Waals surface area contributed by atoms with Crippen LogP contribution in [0.1, 0.15) is 28.4 Å². The minimum atomic E-state index is -1.02. The molecule has 0 saturated heterocycles. The average molecular weight is 343 g/mol. The molecule has 1 aliphatic heterocycles. The van der Waals surface area contributed by atoms with Gasteiger partial charge in [-0.2, -0.15) is 0 Å². The lowest BCUT2D eigenvalue weighted by Crippen LogP contribution is -2.46. The molecular formula is C19H18FNO4. The Kier molecular flexibility index (Phi) is 4.70. The quantitative estimate of drug-likeness (QED) is 0.906. The van der Waals surface area contributed by atoms with Crippen molar-refractivity contribution in [1.82, 2.24) is 4.90 Å². The van der Waals surface area contributed by atoms with Crippen LogP contribution in [0, 0.1) is 5.82 Å². The average Bonchev–Trinajstić information content (AvgIpc) is 2.61. The number of carboxylic acid groups (broad SMARTS) is 1. The molecule has 1 N–H and O–H groups in total. The SMILES string of the molecule is CC(C(=O)O)N1CCc2cc(OCc3ccc(F)cc3)ccc2C1=O. The number of amides is 1. The zero-order chi connectivity index (χ0) is 18.0. The molecule has 0 bridgehead atoms. The van der Waals surface area contributed by atoms with E-state index in [0.717, 1.165) is 11.1 Å². The third-order valence-electron chi connectivity index (χ3n) is 4.33. The molecule has 0 aromatic heterocycles. The van der Waals surface area contributed by atoms with E-state index in [9.17, 15) is 14.0 Å². The zero-order valence-electron chi connectivity index (χ0n) is 13.7. The summed E-state index contributed by atoms with van der Waals surface area (Å²) in [5.74, 6) is -0.968. The van der Waals surface area contributed by atoms with Crippen LogP contribution in [0.15, 0.2) is 42.5 Å². The Morgan fingerprint density at radius 2 is 2.00 bits per heavy atom. The minimum Gasteiger partial charge on any atom is -0.489 e. The van der Waals surface area contributed by atoms with Crippen molar-refractivity contribution < 1.29 is 23.8 Å². The summed E-state index contributed by atoms with van der Waals surface area (Å²) >= 11 is 0. The van der Waals surface area contributed by atoms with E-state index in [0.29, 0.717) is 30.9 Å². The smallest absolute Gasteiger partial charge is 0.326 e. The molecule has 0 fully saturated rings. The van der Waals surface area contributed by atoms with Crippen molar-refractivity contribution >= 4 is 11.9 Å². The number of hydrogen-bond donors (Lipinski definition) is 1. The minimum absolute atomic E-state index is 0.277. The number of fused-ring (bicyclic) bond motifs is 1. The second-order valence-corrected chi connectivity index (χ2v) is 6.00. The molecule has 5 nitrogen and oxygen atoms in total. The van der Waals surface area contributed by atoms with Gasteiger partial charge in [-0.15, -0.1) is 0 Å². The number of ether oxygens (including phenoxy) is 1. The van der Waals surface area contributed by atoms with Crippen LogP contribution in [-0.2, 0) is 17.8 Å². The van der Waals surface area contributed by atoms with Crippen LogP contribution in [0.5, 0.6) is 5.75 Å². The van der Waals surface area contributed by atoms with Gasteiger partial charge in [0.15, 0.2) is 0 Å². The highest BCUT2D eigenvalue weighted by Crippen LogP contribution is 2.25. The van der Waals surface area contributed by atoms with Gasteiger partial charge in [0.1, 0.15) is 24.2 Å². The highest BCUT2D eigenvalue weighted by atomic mass is 19.1. The molecule has 1 aliphatic rings. The molecule has 1 atom stereocenters. The molecular weight excluding hydrogens is 325 g/mol. The first kappa shape index (κ1) is 17.0. The maximum absolute atomic E-state index is 12.9. The fourth-order valence-electron chi connectivity index (χ4n) is 2.82. The van der Waals surface area contributed by atoms with E-state index in [-0.39, 0.29) is 11.7 Å². The molecule has 2 aromatic carbocycles. The van der Waals surface area contributed by atoms with Gasteiger partial charge in [0.05, 0.1) is 0 Å². The summed E-state index contributed by atoms with van der Waals surface area (Å²) < 4.78 is 18.6. The maximum Gasteiger partial charge on any atom is 0.326 e. The van der Waals surface area contributed by atoms with Gasteiger partial charge in [-0.3, -0.25) is 4.79 Å². The summed E-state index contributed by atoms with van der Waals surface area (Å²) in [5, 5.41) is 9.10. The molecule has 0 saturated carbocycles. The van der Waals surface area contributed by atoms with Gasteiger partial charge in [-0.25, -0.2) is 9.18 Å². The molecule has 1 heterocycles. The van der Waals surface area contributed by atoms with E-state index in [1.54, 1.807) is 30.3 Å². The zero-order valence-corrected chi connectivity index (χ0v) is 13.7. The van der Waals surface area contributed by atoms with Crippen LogP contribution in [-0.4, -0.2) is 34.5 Å². The Labute approximate surface area is 144 Å². The van der Waals surface area contributed by atoms with E-state index in [2.05, 4.69) is 0 Å². The van der Waals surface area contributed by atoms with Gasteiger partial charge < -0.3 is 14.7 Å². The number of hydrogen-bond acceptors (Lipinski definition) is 3. The Morgan fingerprint density at radius 3 is 2.68 bits per heavy atom. The molecule has 0 spiro atoms. The van der Waals surface area contributed by atoms with Gasteiger partial charge in [0.25, 0.3) is 5.91 Å². The summed E-state index contributed by atoms with van der Waals surface area (Å²) in [6.45, 7) is 2.17. The molecule has 6 heteroatoms. The largest absolute Gasteiger partial charge is 0.489 e. The van der Waals surface area contributed by atoms with Gasteiger partial charge in [-0.1, -0.05) is 12.1 Å². The second-order valence-electron chi connectivity index (χ2n) is 6.00. The van der Waals surface area contributed by atoms with Crippen LogP contribution in [0.2, 0.25) is 0 Å².